The van der Waals surface area contributed by atoms with Crippen LogP contribution in [0.15, 0.2) is 50.6 Å². The van der Waals surface area contributed by atoms with Crippen LogP contribution in [0.5, 0.6) is 0 Å². The zero-order valence-electron chi connectivity index (χ0n) is 11.6. The fraction of sp³-hybridized carbons (Fsp3) is 0.429. The van der Waals surface area contributed by atoms with Gasteiger partial charge < -0.3 is 9.11 Å². The number of hydrogen-bond donors (Lipinski definition) is 0. The van der Waals surface area contributed by atoms with Crippen LogP contribution in [0.25, 0.3) is 0 Å². The molecule has 4 atom stereocenters. The summed E-state index contributed by atoms with van der Waals surface area (Å²) in [5.41, 5.74) is 0. The van der Waals surface area contributed by atoms with Crippen molar-refractivity contribution in [3.05, 3.63) is 50.6 Å². The van der Waals surface area contributed by atoms with Crippen molar-refractivity contribution in [2.45, 2.75) is 21.0 Å². The number of allylic oxidation sites excluding steroid dienone is 2. The Labute approximate surface area is 127 Å². The molecule has 0 fully saturated rings. The van der Waals surface area contributed by atoms with Crippen molar-refractivity contribution in [3.63, 3.8) is 0 Å². The van der Waals surface area contributed by atoms with Gasteiger partial charge in [0.2, 0.25) is 0 Å². The third-order valence-electron chi connectivity index (χ3n) is 2.80. The van der Waals surface area contributed by atoms with E-state index in [1.165, 1.54) is 11.8 Å². The monoisotopic (exact) mass is 318 g/mol. The molecule has 19 heavy (non-hydrogen) atoms. The fourth-order valence-corrected chi connectivity index (χ4v) is 5.93. The van der Waals surface area contributed by atoms with Crippen molar-refractivity contribution in [1.82, 2.24) is 0 Å². The number of hydrogen-bond acceptors (Lipinski definition) is 3. The highest BCUT2D eigenvalue weighted by Gasteiger charge is 2.49. The van der Waals surface area contributed by atoms with Crippen molar-refractivity contribution in [1.29, 1.82) is 0 Å². The molecule has 0 amide bonds. The lowest BCUT2D eigenvalue weighted by atomic mass is 10.3. The molecular formula is C14H22O2S3. The Hall–Kier alpha value is -0.0700. The summed E-state index contributed by atoms with van der Waals surface area (Å²) in [5.74, 6) is 0. The first-order valence-electron chi connectivity index (χ1n) is 5.70. The molecule has 0 spiro atoms. The molecule has 0 aromatic rings. The van der Waals surface area contributed by atoms with Crippen molar-refractivity contribution < 1.29 is 9.11 Å². The van der Waals surface area contributed by atoms with Crippen LogP contribution in [0.4, 0.5) is 0 Å². The Morgan fingerprint density at radius 2 is 1.21 bits per heavy atom. The van der Waals surface area contributed by atoms with Crippen LogP contribution in [-0.2, 0) is 22.4 Å². The predicted octanol–water partition coefficient (Wildman–Crippen LogP) is 3.39. The van der Waals surface area contributed by atoms with Gasteiger partial charge in [-0.05, 0) is 46.3 Å². The first-order valence-corrected chi connectivity index (χ1v) is 9.63. The summed E-state index contributed by atoms with van der Waals surface area (Å²) in [6.07, 6.45) is 11.0. The fourth-order valence-electron chi connectivity index (χ4n) is 1.61. The second-order valence-electron chi connectivity index (χ2n) is 4.03. The molecule has 0 saturated heterocycles. The minimum absolute atomic E-state index is 0.494. The average molecular weight is 319 g/mol. The van der Waals surface area contributed by atoms with E-state index in [1.54, 1.807) is 36.8 Å². The minimum Gasteiger partial charge on any atom is -0.615 e. The van der Waals surface area contributed by atoms with E-state index in [0.29, 0.717) is 12.8 Å². The Kier molecular flexibility index (Phi) is 8.24. The van der Waals surface area contributed by atoms with Crippen LogP contribution in [0.1, 0.15) is 12.8 Å². The van der Waals surface area contributed by atoms with E-state index in [2.05, 4.69) is 26.3 Å². The normalized spacial score (nSPS) is 20.4. The number of thioether (sulfide) groups is 1. The lowest BCUT2D eigenvalue weighted by Gasteiger charge is -2.38. The maximum Gasteiger partial charge on any atom is 0.196 e. The summed E-state index contributed by atoms with van der Waals surface area (Å²) >= 11 is -0.975. The van der Waals surface area contributed by atoms with Gasteiger partial charge in [0, 0.05) is 12.8 Å². The van der Waals surface area contributed by atoms with E-state index in [4.69, 9.17) is 0 Å². The Morgan fingerprint density at radius 1 is 0.895 bits per heavy atom. The van der Waals surface area contributed by atoms with E-state index in [0.717, 1.165) is 0 Å². The average Bonchev–Trinajstić information content (AvgIpc) is 2.36. The molecule has 0 heterocycles. The second kappa shape index (κ2) is 8.27. The van der Waals surface area contributed by atoms with Gasteiger partial charge in [0.25, 0.3) is 0 Å². The Morgan fingerprint density at radius 3 is 1.37 bits per heavy atom. The predicted molar refractivity (Wildman–Crippen MR) is 91.2 cm³/mol. The van der Waals surface area contributed by atoms with Gasteiger partial charge in [0.1, 0.15) is 0 Å². The molecule has 4 unspecified atom stereocenters. The van der Waals surface area contributed by atoms with E-state index in [-0.39, 0.29) is 0 Å². The molecule has 0 aliphatic rings. The highest BCUT2D eigenvalue weighted by Crippen LogP contribution is 2.48. The zero-order chi connectivity index (χ0) is 15.1. The van der Waals surface area contributed by atoms with Gasteiger partial charge in [0.15, 0.2) is 8.16 Å². The first kappa shape index (κ1) is 18.9. The molecule has 0 saturated carbocycles. The summed E-state index contributed by atoms with van der Waals surface area (Å²) in [5, 5.41) is 0. The summed E-state index contributed by atoms with van der Waals surface area (Å²) < 4.78 is 22.8. The highest BCUT2D eigenvalue weighted by atomic mass is 32.3. The van der Waals surface area contributed by atoms with Crippen LogP contribution in [0.3, 0.4) is 0 Å². The van der Waals surface area contributed by atoms with Gasteiger partial charge in [-0.25, -0.2) is 0 Å². The van der Waals surface area contributed by atoms with Gasteiger partial charge in [-0.3, -0.25) is 0 Å². The van der Waals surface area contributed by atoms with E-state index in [1.807, 2.05) is 0 Å². The van der Waals surface area contributed by atoms with Gasteiger partial charge in [-0.2, -0.15) is 0 Å². The van der Waals surface area contributed by atoms with Gasteiger partial charge in [-0.15, -0.1) is 13.2 Å². The lowest BCUT2D eigenvalue weighted by molar-refractivity contribution is 0.584. The van der Waals surface area contributed by atoms with Crippen LogP contribution in [0, 0.1) is 0 Å². The van der Waals surface area contributed by atoms with Gasteiger partial charge >= 0.3 is 0 Å². The van der Waals surface area contributed by atoms with Gasteiger partial charge in [0.05, 0.1) is 12.5 Å². The van der Waals surface area contributed by atoms with Crippen molar-refractivity contribution >= 4 is 34.1 Å². The summed E-state index contributed by atoms with van der Waals surface area (Å²) in [4.78, 5) is 0. The van der Waals surface area contributed by atoms with Crippen molar-refractivity contribution in [2.24, 2.45) is 0 Å². The Balaban J connectivity index is 5.58. The number of rotatable bonds is 10. The molecule has 0 aliphatic heterocycles. The molecule has 5 heteroatoms. The smallest absolute Gasteiger partial charge is 0.196 e. The van der Waals surface area contributed by atoms with Crippen LogP contribution in [-0.4, -0.2) is 29.8 Å². The molecular weight excluding hydrogens is 296 g/mol. The third kappa shape index (κ3) is 4.46. The summed E-state index contributed by atoms with van der Waals surface area (Å²) in [7, 11) is 0. The summed E-state index contributed by atoms with van der Waals surface area (Å²) in [6.45, 7) is 15.0. The van der Waals surface area contributed by atoms with E-state index in [9.17, 15) is 9.11 Å². The van der Waals surface area contributed by atoms with Crippen LogP contribution >= 0.6 is 11.8 Å². The zero-order valence-corrected chi connectivity index (χ0v) is 14.0. The molecule has 108 valence electrons. The molecule has 0 radical (unpaired) electrons. The first-order chi connectivity index (χ1) is 8.84. The van der Waals surface area contributed by atoms with Crippen LogP contribution < -0.4 is 0 Å². The molecule has 0 rings (SSSR count). The molecule has 0 N–H and O–H groups in total. The maximum absolute atomic E-state index is 12.1. The van der Waals surface area contributed by atoms with Gasteiger partial charge in [-0.1, -0.05) is 25.3 Å². The molecule has 0 aliphatic carbocycles. The highest BCUT2D eigenvalue weighted by molar-refractivity contribution is 8.22. The third-order valence-corrected chi connectivity index (χ3v) is 8.68. The topological polar surface area (TPSA) is 46.1 Å². The Bertz CT molecular complexity index is 310. The lowest BCUT2D eigenvalue weighted by Crippen LogP contribution is -2.42. The van der Waals surface area contributed by atoms with Crippen molar-refractivity contribution in [2.75, 3.05) is 12.5 Å². The van der Waals surface area contributed by atoms with E-state index >= 15 is 0 Å². The second-order valence-corrected chi connectivity index (χ2v) is 9.48. The minimum atomic E-state index is -1.17. The largest absolute Gasteiger partial charge is 0.615 e. The SMILES string of the molecule is C=CCC(C=C)(SC(C=C)(CC=C)[S+](C)[O-])[S+](C)[O-]. The summed E-state index contributed by atoms with van der Waals surface area (Å²) in [6, 6.07) is 0. The quantitative estimate of drug-likeness (QED) is 0.458. The van der Waals surface area contributed by atoms with E-state index < -0.39 is 30.5 Å². The van der Waals surface area contributed by atoms with Crippen molar-refractivity contribution in [3.8, 4) is 0 Å². The molecule has 0 aromatic carbocycles. The molecule has 0 bridgehead atoms. The van der Waals surface area contributed by atoms with Crippen LogP contribution in [0.2, 0.25) is 0 Å². The molecule has 2 nitrogen and oxygen atoms in total. The standard InChI is InChI=1S/C14H22O2S3/c1-7-11-13(9-3,18(5)15)17-14(10-4,12-8-2)19(6)16/h7-10H,1-4,11-12H2,5-6H3. The maximum atomic E-state index is 12.1. The molecule has 0 aromatic heterocycles.